The standard InChI is InChI=1S/C14H17ClFN3O2/c1-7(2)13(14(17)20)19-10-5-11(21-3)8(16)4-9(10)18-12(19)6-15/h4-5,7,13H,6H2,1-3H3,(H2,17,20). The van der Waals surface area contributed by atoms with Gasteiger partial charge in [0, 0.05) is 12.1 Å². The molecule has 2 aromatic rings. The highest BCUT2D eigenvalue weighted by Gasteiger charge is 2.27. The van der Waals surface area contributed by atoms with E-state index in [-0.39, 0.29) is 17.5 Å². The molecule has 0 radical (unpaired) electrons. The Labute approximate surface area is 126 Å². The summed E-state index contributed by atoms with van der Waals surface area (Å²) in [5.74, 6) is -0.420. The topological polar surface area (TPSA) is 70.1 Å². The fourth-order valence-electron chi connectivity index (χ4n) is 2.46. The van der Waals surface area contributed by atoms with Gasteiger partial charge in [0.2, 0.25) is 5.91 Å². The Morgan fingerprint density at radius 1 is 1.52 bits per heavy atom. The maximum atomic E-state index is 13.8. The predicted octanol–water partition coefficient (Wildman–Crippen LogP) is 2.61. The molecule has 1 amide bonds. The van der Waals surface area contributed by atoms with Gasteiger partial charge < -0.3 is 15.0 Å². The van der Waals surface area contributed by atoms with Crippen molar-refractivity contribution in [1.29, 1.82) is 0 Å². The molecule has 1 aromatic carbocycles. The van der Waals surface area contributed by atoms with E-state index in [4.69, 9.17) is 22.1 Å². The van der Waals surface area contributed by atoms with Crippen LogP contribution < -0.4 is 10.5 Å². The molecule has 1 atom stereocenters. The van der Waals surface area contributed by atoms with Crippen LogP contribution in [0.15, 0.2) is 12.1 Å². The molecule has 1 heterocycles. The SMILES string of the molecule is COc1cc2c(cc1F)nc(CCl)n2C(C(N)=O)C(C)C. The first-order valence-electron chi connectivity index (χ1n) is 6.50. The quantitative estimate of drug-likeness (QED) is 0.863. The van der Waals surface area contributed by atoms with Gasteiger partial charge in [-0.15, -0.1) is 11.6 Å². The summed E-state index contributed by atoms with van der Waals surface area (Å²) in [6, 6.07) is 2.16. The Kier molecular flexibility index (Phi) is 4.37. The molecule has 0 aliphatic heterocycles. The number of rotatable bonds is 5. The number of benzene rings is 1. The van der Waals surface area contributed by atoms with E-state index in [0.717, 1.165) is 0 Å². The van der Waals surface area contributed by atoms with E-state index in [1.165, 1.54) is 19.2 Å². The fourth-order valence-corrected chi connectivity index (χ4v) is 2.65. The third-order valence-electron chi connectivity index (χ3n) is 3.36. The Bertz CT molecular complexity index is 684. The Morgan fingerprint density at radius 3 is 2.67 bits per heavy atom. The summed E-state index contributed by atoms with van der Waals surface area (Å²) in [7, 11) is 1.38. The first kappa shape index (κ1) is 15.6. The predicted molar refractivity (Wildman–Crippen MR) is 78.9 cm³/mol. The van der Waals surface area contributed by atoms with Crippen LogP contribution in [0.4, 0.5) is 4.39 Å². The van der Waals surface area contributed by atoms with Gasteiger partial charge in [0.15, 0.2) is 11.6 Å². The number of nitrogens with two attached hydrogens (primary N) is 1. The highest BCUT2D eigenvalue weighted by molar-refractivity contribution is 6.17. The van der Waals surface area contributed by atoms with Crippen molar-refractivity contribution in [2.75, 3.05) is 7.11 Å². The van der Waals surface area contributed by atoms with Gasteiger partial charge in [-0.05, 0) is 5.92 Å². The molecule has 2 rings (SSSR count). The monoisotopic (exact) mass is 313 g/mol. The van der Waals surface area contributed by atoms with Crippen LogP contribution in [0.2, 0.25) is 0 Å². The largest absolute Gasteiger partial charge is 0.494 e. The number of methoxy groups -OCH3 is 1. The minimum atomic E-state index is -0.612. The number of alkyl halides is 1. The van der Waals surface area contributed by atoms with E-state index in [1.54, 1.807) is 4.57 Å². The van der Waals surface area contributed by atoms with E-state index >= 15 is 0 Å². The summed E-state index contributed by atoms with van der Waals surface area (Å²) < 4.78 is 20.4. The molecule has 0 bridgehead atoms. The summed E-state index contributed by atoms with van der Waals surface area (Å²) in [5.41, 5.74) is 6.49. The summed E-state index contributed by atoms with van der Waals surface area (Å²) in [6.07, 6.45) is 0. The maximum absolute atomic E-state index is 13.8. The number of carbonyl (C=O) groups excluding carboxylic acids is 1. The number of hydrogen-bond acceptors (Lipinski definition) is 3. The number of halogens is 2. The van der Waals surface area contributed by atoms with Crippen LogP contribution in [0.1, 0.15) is 25.7 Å². The molecule has 5 nitrogen and oxygen atoms in total. The number of amides is 1. The first-order chi connectivity index (χ1) is 9.90. The van der Waals surface area contributed by atoms with Crippen molar-refractivity contribution in [2.24, 2.45) is 11.7 Å². The molecule has 1 unspecified atom stereocenters. The third-order valence-corrected chi connectivity index (χ3v) is 3.60. The average Bonchev–Trinajstić information content (AvgIpc) is 2.74. The van der Waals surface area contributed by atoms with E-state index in [2.05, 4.69) is 4.98 Å². The number of carbonyl (C=O) groups is 1. The summed E-state index contributed by atoms with van der Waals surface area (Å²) >= 11 is 5.91. The maximum Gasteiger partial charge on any atom is 0.240 e. The molecule has 0 saturated heterocycles. The van der Waals surface area contributed by atoms with Gasteiger partial charge in [0.1, 0.15) is 11.9 Å². The zero-order valence-electron chi connectivity index (χ0n) is 12.1. The minimum Gasteiger partial charge on any atom is -0.494 e. The van der Waals surface area contributed by atoms with Crippen molar-refractivity contribution >= 4 is 28.5 Å². The molecule has 114 valence electrons. The van der Waals surface area contributed by atoms with Crippen LogP contribution in [0.3, 0.4) is 0 Å². The lowest BCUT2D eigenvalue weighted by molar-refractivity contribution is -0.122. The van der Waals surface area contributed by atoms with Crippen molar-refractivity contribution in [3.05, 3.63) is 23.8 Å². The van der Waals surface area contributed by atoms with Gasteiger partial charge in [-0.3, -0.25) is 4.79 Å². The van der Waals surface area contributed by atoms with Gasteiger partial charge >= 0.3 is 0 Å². The van der Waals surface area contributed by atoms with Crippen LogP contribution >= 0.6 is 11.6 Å². The minimum absolute atomic E-state index is 0.0575. The zero-order valence-corrected chi connectivity index (χ0v) is 12.8. The summed E-state index contributed by atoms with van der Waals surface area (Å²) in [4.78, 5) is 16.1. The molecule has 21 heavy (non-hydrogen) atoms. The number of hydrogen-bond donors (Lipinski definition) is 1. The molecular formula is C14H17ClFN3O2. The van der Waals surface area contributed by atoms with Gasteiger partial charge in [-0.1, -0.05) is 13.8 Å². The Hall–Kier alpha value is -1.82. The van der Waals surface area contributed by atoms with Crippen molar-refractivity contribution in [1.82, 2.24) is 9.55 Å². The van der Waals surface area contributed by atoms with Crippen molar-refractivity contribution in [2.45, 2.75) is 25.8 Å². The molecule has 0 aliphatic carbocycles. The van der Waals surface area contributed by atoms with Gasteiger partial charge in [-0.2, -0.15) is 0 Å². The summed E-state index contributed by atoms with van der Waals surface area (Å²) in [5, 5.41) is 0. The molecule has 7 heteroatoms. The van der Waals surface area contributed by atoms with Crippen molar-refractivity contribution in [3.8, 4) is 5.75 Å². The van der Waals surface area contributed by atoms with Crippen LogP contribution in [-0.2, 0) is 10.7 Å². The zero-order chi connectivity index (χ0) is 15.7. The van der Waals surface area contributed by atoms with Crippen molar-refractivity contribution in [3.63, 3.8) is 0 Å². The number of aromatic nitrogens is 2. The lowest BCUT2D eigenvalue weighted by Gasteiger charge is -2.22. The van der Waals surface area contributed by atoms with Crippen LogP contribution in [0.5, 0.6) is 5.75 Å². The summed E-state index contributed by atoms with van der Waals surface area (Å²) in [6.45, 7) is 3.75. The molecule has 0 aliphatic rings. The van der Waals surface area contributed by atoms with Gasteiger partial charge in [0.25, 0.3) is 0 Å². The molecular weight excluding hydrogens is 297 g/mol. The average molecular weight is 314 g/mol. The second kappa shape index (κ2) is 5.89. The fraction of sp³-hybridized carbons (Fsp3) is 0.429. The third kappa shape index (κ3) is 2.68. The van der Waals surface area contributed by atoms with Crippen LogP contribution in [0.25, 0.3) is 11.0 Å². The van der Waals surface area contributed by atoms with Crippen LogP contribution in [-0.4, -0.2) is 22.6 Å². The molecule has 1 aromatic heterocycles. The number of fused-ring (bicyclic) bond motifs is 1. The van der Waals surface area contributed by atoms with E-state index in [9.17, 15) is 9.18 Å². The second-order valence-electron chi connectivity index (χ2n) is 5.10. The lowest BCUT2D eigenvalue weighted by atomic mass is 10.0. The van der Waals surface area contributed by atoms with Gasteiger partial charge in [-0.25, -0.2) is 9.37 Å². The Morgan fingerprint density at radius 2 is 2.19 bits per heavy atom. The molecule has 0 spiro atoms. The molecule has 0 fully saturated rings. The highest BCUT2D eigenvalue weighted by atomic mass is 35.5. The number of primary amides is 1. The first-order valence-corrected chi connectivity index (χ1v) is 7.03. The van der Waals surface area contributed by atoms with E-state index in [0.29, 0.717) is 16.9 Å². The molecule has 0 saturated carbocycles. The number of nitrogens with zero attached hydrogens (tertiary/aromatic N) is 2. The highest BCUT2D eigenvalue weighted by Crippen LogP contribution is 2.31. The number of ether oxygens (including phenoxy) is 1. The van der Waals surface area contributed by atoms with E-state index < -0.39 is 17.8 Å². The second-order valence-corrected chi connectivity index (χ2v) is 5.37. The normalized spacial score (nSPS) is 12.9. The number of imidazole rings is 1. The van der Waals surface area contributed by atoms with Crippen LogP contribution in [0, 0.1) is 11.7 Å². The lowest BCUT2D eigenvalue weighted by Crippen LogP contribution is -2.31. The molecule has 2 N–H and O–H groups in total. The smallest absolute Gasteiger partial charge is 0.240 e. The Balaban J connectivity index is 2.78. The van der Waals surface area contributed by atoms with Crippen molar-refractivity contribution < 1.29 is 13.9 Å². The van der Waals surface area contributed by atoms with Gasteiger partial charge in [0.05, 0.1) is 24.0 Å². The van der Waals surface area contributed by atoms with E-state index in [1.807, 2.05) is 13.8 Å².